The van der Waals surface area contributed by atoms with Crippen molar-refractivity contribution in [3.63, 3.8) is 0 Å². The van der Waals surface area contributed by atoms with Crippen molar-refractivity contribution in [3.8, 4) is 5.69 Å². The van der Waals surface area contributed by atoms with Crippen molar-refractivity contribution in [3.05, 3.63) is 30.1 Å². The van der Waals surface area contributed by atoms with Crippen LogP contribution in [-0.4, -0.2) is 46.3 Å². The number of rotatable bonds is 4. The third kappa shape index (κ3) is 3.25. The fourth-order valence-corrected chi connectivity index (χ4v) is 3.16. The number of halogens is 1. The van der Waals surface area contributed by atoms with E-state index in [0.717, 1.165) is 29.9 Å². The Kier molecular flexibility index (Phi) is 4.63. The van der Waals surface area contributed by atoms with Crippen molar-refractivity contribution in [2.24, 2.45) is 0 Å². The largest absolute Gasteiger partial charge is 0.378 e. The van der Waals surface area contributed by atoms with Gasteiger partial charge < -0.3 is 9.64 Å². The highest BCUT2D eigenvalue weighted by Crippen LogP contribution is 2.29. The van der Waals surface area contributed by atoms with E-state index in [1.165, 1.54) is 12.1 Å². The Bertz CT molecular complexity index is 640. The summed E-state index contributed by atoms with van der Waals surface area (Å²) in [4.78, 5) is 2.13. The number of hydrogen-bond donors (Lipinski definition) is 0. The first-order valence-electron chi connectivity index (χ1n) is 7.36. The number of anilines is 1. The molecule has 5 nitrogen and oxygen atoms in total. The van der Waals surface area contributed by atoms with Crippen LogP contribution in [0.5, 0.6) is 0 Å². The highest BCUT2D eigenvalue weighted by molar-refractivity contribution is 7.99. The normalized spacial score (nSPS) is 15.5. The average molecular weight is 322 g/mol. The summed E-state index contributed by atoms with van der Waals surface area (Å²) in [5.74, 6) is 0.483. The molecular formula is C15H19FN4OS. The van der Waals surface area contributed by atoms with Gasteiger partial charge in [0.25, 0.3) is 0 Å². The van der Waals surface area contributed by atoms with Crippen LogP contribution in [0.4, 0.5) is 10.3 Å². The van der Waals surface area contributed by atoms with Gasteiger partial charge in [-0.25, -0.2) is 4.39 Å². The van der Waals surface area contributed by atoms with E-state index in [4.69, 9.17) is 4.74 Å². The van der Waals surface area contributed by atoms with Gasteiger partial charge in [0.05, 0.1) is 18.9 Å². The van der Waals surface area contributed by atoms with Crippen LogP contribution in [0.2, 0.25) is 0 Å². The van der Waals surface area contributed by atoms with Gasteiger partial charge in [-0.2, -0.15) is 0 Å². The minimum atomic E-state index is -0.264. The van der Waals surface area contributed by atoms with Crippen LogP contribution in [0.25, 0.3) is 5.69 Å². The second-order valence-electron chi connectivity index (χ2n) is 5.36. The van der Waals surface area contributed by atoms with E-state index in [-0.39, 0.29) is 5.82 Å². The lowest BCUT2D eigenvalue weighted by Crippen LogP contribution is -2.37. The highest BCUT2D eigenvalue weighted by Gasteiger charge is 2.22. The summed E-state index contributed by atoms with van der Waals surface area (Å²) in [6.07, 6.45) is 0. The maximum atomic E-state index is 13.6. The van der Waals surface area contributed by atoms with Crippen LogP contribution < -0.4 is 4.90 Å². The minimum absolute atomic E-state index is 0.264. The molecule has 0 aliphatic carbocycles. The molecule has 3 rings (SSSR count). The summed E-state index contributed by atoms with van der Waals surface area (Å²) in [5.41, 5.74) is 0.745. The van der Waals surface area contributed by atoms with Crippen molar-refractivity contribution < 1.29 is 9.13 Å². The van der Waals surface area contributed by atoms with Crippen LogP contribution in [-0.2, 0) is 4.74 Å². The molecule has 1 aromatic heterocycles. The highest BCUT2D eigenvalue weighted by atomic mass is 32.2. The van der Waals surface area contributed by atoms with Gasteiger partial charge >= 0.3 is 0 Å². The molecule has 0 atom stereocenters. The third-order valence-corrected chi connectivity index (χ3v) is 4.26. The lowest BCUT2D eigenvalue weighted by Gasteiger charge is -2.28. The molecular weight excluding hydrogens is 303 g/mol. The molecule has 7 heteroatoms. The van der Waals surface area contributed by atoms with Gasteiger partial charge in [0, 0.05) is 18.3 Å². The van der Waals surface area contributed by atoms with Crippen LogP contribution in [0.1, 0.15) is 13.8 Å². The molecule has 2 heterocycles. The Morgan fingerprint density at radius 3 is 2.68 bits per heavy atom. The number of thioether (sulfide) groups is 1. The molecule has 0 N–H and O–H groups in total. The van der Waals surface area contributed by atoms with E-state index < -0.39 is 0 Å². The van der Waals surface area contributed by atoms with Gasteiger partial charge in [-0.05, 0) is 18.2 Å². The van der Waals surface area contributed by atoms with Gasteiger partial charge in [-0.1, -0.05) is 31.7 Å². The van der Waals surface area contributed by atoms with Crippen molar-refractivity contribution in [2.75, 3.05) is 31.2 Å². The predicted octanol–water partition coefficient (Wildman–Crippen LogP) is 2.74. The van der Waals surface area contributed by atoms with Crippen LogP contribution in [0.3, 0.4) is 0 Å². The second kappa shape index (κ2) is 6.66. The number of nitrogens with zero attached hydrogens (tertiary/aromatic N) is 4. The van der Waals surface area contributed by atoms with Crippen molar-refractivity contribution >= 4 is 17.7 Å². The molecule has 1 aliphatic rings. The topological polar surface area (TPSA) is 43.2 Å². The monoisotopic (exact) mass is 322 g/mol. The van der Waals surface area contributed by atoms with Crippen LogP contribution in [0, 0.1) is 5.82 Å². The number of ether oxygens (including phenoxy) is 1. The molecule has 1 aromatic carbocycles. The predicted molar refractivity (Wildman–Crippen MR) is 85.3 cm³/mol. The fraction of sp³-hybridized carbons (Fsp3) is 0.467. The summed E-state index contributed by atoms with van der Waals surface area (Å²) in [6, 6.07) is 6.54. The van der Waals surface area contributed by atoms with Crippen molar-refractivity contribution in [2.45, 2.75) is 24.3 Å². The molecule has 0 saturated carbocycles. The molecule has 0 spiro atoms. The first kappa shape index (κ1) is 15.3. The SMILES string of the molecule is CC(C)Sc1nnc(N2CCOCC2)n1-c1cccc(F)c1. The first-order chi connectivity index (χ1) is 10.6. The lowest BCUT2D eigenvalue weighted by atomic mass is 10.3. The molecule has 0 bridgehead atoms. The maximum absolute atomic E-state index is 13.6. The molecule has 118 valence electrons. The van der Waals surface area contributed by atoms with Gasteiger partial charge in [0.1, 0.15) is 5.82 Å². The molecule has 2 aromatic rings. The van der Waals surface area contributed by atoms with Crippen LogP contribution in [0.15, 0.2) is 29.4 Å². The minimum Gasteiger partial charge on any atom is -0.378 e. The Balaban J connectivity index is 2.04. The zero-order valence-corrected chi connectivity index (χ0v) is 13.5. The van der Waals surface area contributed by atoms with E-state index in [1.807, 2.05) is 10.6 Å². The van der Waals surface area contributed by atoms with E-state index in [1.54, 1.807) is 17.8 Å². The molecule has 0 radical (unpaired) electrons. The first-order valence-corrected chi connectivity index (χ1v) is 8.24. The van der Waals surface area contributed by atoms with E-state index >= 15 is 0 Å². The maximum Gasteiger partial charge on any atom is 0.232 e. The molecule has 22 heavy (non-hydrogen) atoms. The van der Waals surface area contributed by atoms with E-state index in [9.17, 15) is 4.39 Å². The van der Waals surface area contributed by atoms with Gasteiger partial charge in [-0.15, -0.1) is 10.2 Å². The Labute approximate surface area is 133 Å². The van der Waals surface area contributed by atoms with E-state index in [2.05, 4.69) is 28.9 Å². The summed E-state index contributed by atoms with van der Waals surface area (Å²) in [5, 5.41) is 9.80. The standard InChI is InChI=1S/C15H19FN4OS/c1-11(2)22-15-18-17-14(19-6-8-21-9-7-19)20(15)13-5-3-4-12(16)10-13/h3-5,10-11H,6-9H2,1-2H3. The molecule has 1 aliphatic heterocycles. The van der Waals surface area contributed by atoms with Gasteiger partial charge in [0.2, 0.25) is 5.95 Å². The number of aromatic nitrogens is 3. The van der Waals surface area contributed by atoms with Gasteiger partial charge in [0.15, 0.2) is 5.16 Å². The number of benzene rings is 1. The van der Waals surface area contributed by atoms with Gasteiger partial charge in [-0.3, -0.25) is 4.57 Å². The Morgan fingerprint density at radius 2 is 2.00 bits per heavy atom. The molecule has 0 amide bonds. The Morgan fingerprint density at radius 1 is 1.23 bits per heavy atom. The average Bonchev–Trinajstić information content (AvgIpc) is 2.91. The lowest BCUT2D eigenvalue weighted by molar-refractivity contribution is 0.122. The quantitative estimate of drug-likeness (QED) is 0.810. The number of hydrogen-bond acceptors (Lipinski definition) is 5. The summed E-state index contributed by atoms with van der Waals surface area (Å²) in [6.45, 7) is 7.07. The van der Waals surface area contributed by atoms with Crippen molar-refractivity contribution in [1.29, 1.82) is 0 Å². The third-order valence-electron chi connectivity index (χ3n) is 3.32. The second-order valence-corrected chi connectivity index (χ2v) is 6.91. The van der Waals surface area contributed by atoms with Crippen molar-refractivity contribution in [1.82, 2.24) is 14.8 Å². The zero-order valence-electron chi connectivity index (χ0n) is 12.7. The summed E-state index contributed by atoms with van der Waals surface area (Å²) >= 11 is 1.62. The zero-order chi connectivity index (χ0) is 15.5. The molecule has 0 unspecified atom stereocenters. The number of morpholine rings is 1. The molecule has 1 saturated heterocycles. The Hall–Kier alpha value is -1.60. The van der Waals surface area contributed by atoms with Crippen LogP contribution >= 0.6 is 11.8 Å². The van der Waals surface area contributed by atoms with E-state index in [0.29, 0.717) is 18.5 Å². The molecule has 1 fully saturated rings. The smallest absolute Gasteiger partial charge is 0.232 e. The summed E-state index contributed by atoms with van der Waals surface area (Å²) < 4.78 is 21.0. The summed E-state index contributed by atoms with van der Waals surface area (Å²) in [7, 11) is 0. The fourth-order valence-electron chi connectivity index (χ4n) is 2.36.